The zero-order valence-corrected chi connectivity index (χ0v) is 12.1. The first-order valence-corrected chi connectivity index (χ1v) is 6.84. The Morgan fingerprint density at radius 1 is 1.63 bits per heavy atom. The molecule has 19 heavy (non-hydrogen) atoms. The van der Waals surface area contributed by atoms with Crippen LogP contribution in [0.4, 0.5) is 0 Å². The average molecular weight is 265 g/mol. The third-order valence-electron chi connectivity index (χ3n) is 3.56. The Labute approximate surface area is 114 Å². The highest BCUT2D eigenvalue weighted by atomic mass is 16.5. The molecule has 5 heteroatoms. The zero-order valence-electron chi connectivity index (χ0n) is 12.1. The maximum Gasteiger partial charge on any atom is 0.328 e. The van der Waals surface area contributed by atoms with Crippen LogP contribution in [0.2, 0.25) is 0 Å². The van der Waals surface area contributed by atoms with Crippen LogP contribution in [-0.2, 0) is 16.1 Å². The third kappa shape index (κ3) is 2.97. The Morgan fingerprint density at radius 3 is 2.74 bits per heavy atom. The number of aromatic nitrogens is 2. The van der Waals surface area contributed by atoms with Crippen LogP contribution in [0.3, 0.4) is 0 Å². The van der Waals surface area contributed by atoms with Gasteiger partial charge in [0.15, 0.2) is 0 Å². The summed E-state index contributed by atoms with van der Waals surface area (Å²) < 4.78 is 6.89. The highest BCUT2D eigenvalue weighted by Crippen LogP contribution is 2.41. The molecule has 5 nitrogen and oxygen atoms in total. The number of hydrogen-bond donors (Lipinski definition) is 1. The maximum absolute atomic E-state index is 12.3. The van der Waals surface area contributed by atoms with E-state index in [1.54, 1.807) is 0 Å². The van der Waals surface area contributed by atoms with Gasteiger partial charge in [0.1, 0.15) is 5.54 Å². The second kappa shape index (κ2) is 5.33. The van der Waals surface area contributed by atoms with Crippen LogP contribution in [0.15, 0.2) is 12.3 Å². The molecule has 1 saturated carbocycles. The molecule has 0 amide bonds. The molecule has 0 aromatic carbocycles. The molecule has 0 spiro atoms. The van der Waals surface area contributed by atoms with Crippen LogP contribution in [0.5, 0.6) is 0 Å². The van der Waals surface area contributed by atoms with Crippen molar-refractivity contribution in [2.24, 2.45) is 5.92 Å². The summed E-state index contributed by atoms with van der Waals surface area (Å²) in [7, 11) is 1.45. The van der Waals surface area contributed by atoms with Crippen molar-refractivity contribution >= 4 is 5.97 Å². The van der Waals surface area contributed by atoms with Gasteiger partial charge in [-0.15, -0.1) is 0 Å². The Balaban J connectivity index is 2.28. The van der Waals surface area contributed by atoms with Gasteiger partial charge in [0, 0.05) is 12.2 Å². The van der Waals surface area contributed by atoms with E-state index in [0.29, 0.717) is 12.5 Å². The molecule has 0 bridgehead atoms. The summed E-state index contributed by atoms with van der Waals surface area (Å²) in [6, 6.07) is 2.17. The Bertz CT molecular complexity index is 451. The van der Waals surface area contributed by atoms with E-state index in [4.69, 9.17) is 4.74 Å². The van der Waals surface area contributed by atoms with Crippen molar-refractivity contribution < 1.29 is 9.53 Å². The molecule has 0 saturated heterocycles. The van der Waals surface area contributed by atoms with Crippen LogP contribution in [0.25, 0.3) is 0 Å². The van der Waals surface area contributed by atoms with Crippen LogP contribution >= 0.6 is 0 Å². The summed E-state index contributed by atoms with van der Waals surface area (Å²) in [5.41, 5.74) is 0.306. The molecule has 1 fully saturated rings. The number of methoxy groups -OCH3 is 1. The van der Waals surface area contributed by atoms with E-state index in [1.165, 1.54) is 7.11 Å². The van der Waals surface area contributed by atoms with Gasteiger partial charge in [0.25, 0.3) is 0 Å². The monoisotopic (exact) mass is 265 g/mol. The number of esters is 1. The Morgan fingerprint density at radius 2 is 2.32 bits per heavy atom. The van der Waals surface area contributed by atoms with Gasteiger partial charge in [0.05, 0.1) is 19.3 Å². The molecule has 1 aromatic heterocycles. The van der Waals surface area contributed by atoms with E-state index < -0.39 is 5.54 Å². The lowest BCUT2D eigenvalue weighted by molar-refractivity contribution is -0.151. The standard InChI is InChI=1S/C14H23N3O2/c1-10(2)15-14(12-5-6-12,13(18)19-4)9-17-8-7-11(3)16-17/h7-8,10,12,15H,5-6,9H2,1-4H3. The van der Waals surface area contributed by atoms with Crippen molar-refractivity contribution in [2.45, 2.75) is 51.7 Å². The minimum atomic E-state index is -0.651. The summed E-state index contributed by atoms with van der Waals surface area (Å²) in [5.74, 6) is 0.156. The Kier molecular flexibility index (Phi) is 3.94. The van der Waals surface area contributed by atoms with Gasteiger partial charge in [-0.05, 0) is 45.6 Å². The number of hydrogen-bond acceptors (Lipinski definition) is 4. The number of carbonyl (C=O) groups is 1. The van der Waals surface area contributed by atoms with Crippen molar-refractivity contribution in [3.63, 3.8) is 0 Å². The van der Waals surface area contributed by atoms with E-state index in [9.17, 15) is 4.79 Å². The molecule has 0 radical (unpaired) electrons. The molecule has 106 valence electrons. The largest absolute Gasteiger partial charge is 0.468 e. The Hall–Kier alpha value is -1.36. The minimum Gasteiger partial charge on any atom is -0.468 e. The lowest BCUT2D eigenvalue weighted by Crippen LogP contribution is -2.59. The lowest BCUT2D eigenvalue weighted by Gasteiger charge is -2.34. The molecule has 1 aliphatic rings. The number of ether oxygens (including phenoxy) is 1. The van der Waals surface area contributed by atoms with Crippen LogP contribution in [0.1, 0.15) is 32.4 Å². The van der Waals surface area contributed by atoms with Crippen LogP contribution < -0.4 is 5.32 Å². The highest BCUT2D eigenvalue weighted by Gasteiger charge is 2.52. The van der Waals surface area contributed by atoms with Crippen molar-refractivity contribution in [1.29, 1.82) is 0 Å². The van der Waals surface area contributed by atoms with Crippen molar-refractivity contribution in [3.8, 4) is 0 Å². The van der Waals surface area contributed by atoms with E-state index >= 15 is 0 Å². The highest BCUT2D eigenvalue weighted by molar-refractivity contribution is 5.81. The average Bonchev–Trinajstić information content (AvgIpc) is 3.12. The van der Waals surface area contributed by atoms with E-state index in [2.05, 4.69) is 24.3 Å². The van der Waals surface area contributed by atoms with Crippen molar-refractivity contribution in [3.05, 3.63) is 18.0 Å². The lowest BCUT2D eigenvalue weighted by atomic mass is 9.92. The van der Waals surface area contributed by atoms with Gasteiger partial charge >= 0.3 is 5.97 Å². The predicted octanol–water partition coefficient (Wildman–Crippen LogP) is 1.51. The molecule has 1 atom stereocenters. The fraction of sp³-hybridized carbons (Fsp3) is 0.714. The fourth-order valence-electron chi connectivity index (χ4n) is 2.66. The van der Waals surface area contributed by atoms with Gasteiger partial charge < -0.3 is 4.74 Å². The van der Waals surface area contributed by atoms with Gasteiger partial charge in [-0.1, -0.05) is 0 Å². The first-order valence-electron chi connectivity index (χ1n) is 6.84. The molecule has 1 N–H and O–H groups in total. The normalized spacial score (nSPS) is 18.4. The van der Waals surface area contributed by atoms with Crippen LogP contribution in [0, 0.1) is 12.8 Å². The summed E-state index contributed by atoms with van der Waals surface area (Å²) in [6.45, 7) is 6.57. The van der Waals surface area contributed by atoms with Gasteiger partial charge in [-0.25, -0.2) is 4.79 Å². The fourth-order valence-corrected chi connectivity index (χ4v) is 2.66. The van der Waals surface area contributed by atoms with Crippen molar-refractivity contribution in [2.75, 3.05) is 7.11 Å². The quantitative estimate of drug-likeness (QED) is 0.792. The molecule has 1 unspecified atom stereocenters. The van der Waals surface area contributed by atoms with Crippen molar-refractivity contribution in [1.82, 2.24) is 15.1 Å². The summed E-state index contributed by atoms with van der Waals surface area (Å²) in [4.78, 5) is 12.3. The number of nitrogens with zero attached hydrogens (tertiary/aromatic N) is 2. The molecule has 1 heterocycles. The van der Waals surface area contributed by atoms with E-state index in [0.717, 1.165) is 18.5 Å². The molecule has 0 aliphatic heterocycles. The smallest absolute Gasteiger partial charge is 0.328 e. The second-order valence-electron chi connectivity index (χ2n) is 5.69. The van der Waals surface area contributed by atoms with E-state index in [1.807, 2.05) is 23.9 Å². The summed E-state index contributed by atoms with van der Waals surface area (Å²) in [5, 5.41) is 7.83. The summed E-state index contributed by atoms with van der Waals surface area (Å²) >= 11 is 0. The SMILES string of the molecule is COC(=O)C(Cn1ccc(C)n1)(NC(C)C)C1CC1. The number of carbonyl (C=O) groups excluding carboxylic acids is 1. The van der Waals surface area contributed by atoms with Gasteiger partial charge in [0.2, 0.25) is 0 Å². The second-order valence-corrected chi connectivity index (χ2v) is 5.69. The first kappa shape index (κ1) is 14.1. The molecular weight excluding hydrogens is 242 g/mol. The van der Waals surface area contributed by atoms with Gasteiger partial charge in [-0.2, -0.15) is 5.10 Å². The van der Waals surface area contributed by atoms with E-state index in [-0.39, 0.29) is 12.0 Å². The molecule has 1 aromatic rings. The molecule has 2 rings (SSSR count). The number of rotatable bonds is 6. The first-order chi connectivity index (χ1) is 8.98. The molecule has 1 aliphatic carbocycles. The predicted molar refractivity (Wildman–Crippen MR) is 72.7 cm³/mol. The topological polar surface area (TPSA) is 56.2 Å². The van der Waals surface area contributed by atoms with Gasteiger partial charge in [-0.3, -0.25) is 10.00 Å². The molecular formula is C14H23N3O2. The number of aryl methyl sites for hydroxylation is 1. The maximum atomic E-state index is 12.3. The number of nitrogens with one attached hydrogen (secondary N) is 1. The third-order valence-corrected chi connectivity index (χ3v) is 3.56. The summed E-state index contributed by atoms with van der Waals surface area (Å²) in [6.07, 6.45) is 4.04. The van der Waals surface area contributed by atoms with Crippen LogP contribution in [-0.4, -0.2) is 34.4 Å². The minimum absolute atomic E-state index is 0.183. The zero-order chi connectivity index (χ0) is 14.0.